The standard InChI is InChI=1S/C17H19N5O2S/c1-3-12-9-16(23)22(11-19-12)7-6-18-17(24)14-10-13(20-21(14)2)15-5-4-8-25-15/h4-5,8-11H,3,6-7H2,1-2H3,(H,18,24). The van der Waals surface area contributed by atoms with Crippen LogP contribution in [0.4, 0.5) is 0 Å². The van der Waals surface area contributed by atoms with Crippen LogP contribution in [0.1, 0.15) is 23.1 Å². The Bertz CT molecular complexity index is 927. The summed E-state index contributed by atoms with van der Waals surface area (Å²) in [7, 11) is 1.74. The fourth-order valence-electron chi connectivity index (χ4n) is 2.43. The van der Waals surface area contributed by atoms with E-state index in [9.17, 15) is 9.59 Å². The van der Waals surface area contributed by atoms with Gasteiger partial charge in [-0.25, -0.2) is 4.98 Å². The SMILES string of the molecule is CCc1cc(=O)n(CCNC(=O)c2cc(-c3cccs3)nn2C)cn1. The Hall–Kier alpha value is -2.74. The van der Waals surface area contributed by atoms with E-state index in [1.54, 1.807) is 29.1 Å². The van der Waals surface area contributed by atoms with E-state index < -0.39 is 0 Å². The summed E-state index contributed by atoms with van der Waals surface area (Å²) in [6.07, 6.45) is 2.24. The Morgan fingerprint density at radius 1 is 1.36 bits per heavy atom. The van der Waals surface area contributed by atoms with Gasteiger partial charge in [-0.2, -0.15) is 5.10 Å². The summed E-state index contributed by atoms with van der Waals surface area (Å²) < 4.78 is 3.05. The molecule has 3 rings (SSSR count). The van der Waals surface area contributed by atoms with Gasteiger partial charge in [-0.05, 0) is 23.9 Å². The molecule has 0 radical (unpaired) electrons. The van der Waals surface area contributed by atoms with E-state index in [4.69, 9.17) is 0 Å². The molecule has 7 nitrogen and oxygen atoms in total. The molecule has 0 bridgehead atoms. The minimum absolute atomic E-state index is 0.110. The smallest absolute Gasteiger partial charge is 0.269 e. The predicted molar refractivity (Wildman–Crippen MR) is 96.7 cm³/mol. The number of carbonyl (C=O) groups is 1. The second kappa shape index (κ2) is 7.43. The average Bonchev–Trinajstić information content (AvgIpc) is 3.25. The first-order valence-corrected chi connectivity index (χ1v) is 8.88. The average molecular weight is 357 g/mol. The van der Waals surface area contributed by atoms with Crippen molar-refractivity contribution in [1.29, 1.82) is 0 Å². The van der Waals surface area contributed by atoms with Gasteiger partial charge in [0.15, 0.2) is 0 Å². The number of hydrogen-bond acceptors (Lipinski definition) is 5. The Morgan fingerprint density at radius 2 is 2.20 bits per heavy atom. The highest BCUT2D eigenvalue weighted by molar-refractivity contribution is 7.13. The van der Waals surface area contributed by atoms with Crippen molar-refractivity contribution in [1.82, 2.24) is 24.6 Å². The fraction of sp³-hybridized carbons (Fsp3) is 0.294. The van der Waals surface area contributed by atoms with Crippen LogP contribution in [-0.4, -0.2) is 31.8 Å². The van der Waals surface area contributed by atoms with Gasteiger partial charge in [0.05, 0.1) is 11.2 Å². The molecule has 3 heterocycles. The van der Waals surface area contributed by atoms with Crippen LogP contribution in [0.25, 0.3) is 10.6 Å². The first-order valence-electron chi connectivity index (χ1n) is 8.00. The van der Waals surface area contributed by atoms with Crippen molar-refractivity contribution < 1.29 is 4.79 Å². The maximum atomic E-state index is 12.4. The molecule has 0 saturated carbocycles. The molecule has 1 N–H and O–H groups in total. The van der Waals surface area contributed by atoms with Gasteiger partial charge in [0.25, 0.3) is 11.5 Å². The lowest BCUT2D eigenvalue weighted by Gasteiger charge is -2.07. The molecule has 8 heteroatoms. The van der Waals surface area contributed by atoms with E-state index in [-0.39, 0.29) is 11.5 Å². The lowest BCUT2D eigenvalue weighted by Crippen LogP contribution is -2.32. The highest BCUT2D eigenvalue weighted by Gasteiger charge is 2.14. The highest BCUT2D eigenvalue weighted by Crippen LogP contribution is 2.23. The maximum Gasteiger partial charge on any atom is 0.269 e. The molecule has 0 aromatic carbocycles. The molecule has 0 fully saturated rings. The predicted octanol–water partition coefficient (Wildman–Crippen LogP) is 1.70. The number of rotatable bonds is 6. The quantitative estimate of drug-likeness (QED) is 0.728. The molecule has 3 aromatic rings. The largest absolute Gasteiger partial charge is 0.349 e. The Morgan fingerprint density at radius 3 is 2.88 bits per heavy atom. The van der Waals surface area contributed by atoms with Crippen molar-refractivity contribution in [2.75, 3.05) is 6.54 Å². The summed E-state index contributed by atoms with van der Waals surface area (Å²) in [5, 5.41) is 9.17. The number of nitrogens with one attached hydrogen (secondary N) is 1. The summed E-state index contributed by atoms with van der Waals surface area (Å²) in [6.45, 7) is 2.66. The highest BCUT2D eigenvalue weighted by atomic mass is 32.1. The third-order valence-corrected chi connectivity index (χ3v) is 4.72. The summed E-state index contributed by atoms with van der Waals surface area (Å²) in [4.78, 5) is 29.5. The Kier molecular flexibility index (Phi) is 5.08. The van der Waals surface area contributed by atoms with Gasteiger partial charge >= 0.3 is 0 Å². The molecular formula is C17H19N5O2S. The Balaban J connectivity index is 1.62. The molecular weight excluding hydrogens is 338 g/mol. The number of aryl methyl sites for hydroxylation is 2. The summed E-state index contributed by atoms with van der Waals surface area (Å²) in [5.41, 5.74) is 1.91. The maximum absolute atomic E-state index is 12.4. The fourth-order valence-corrected chi connectivity index (χ4v) is 3.11. The first kappa shape index (κ1) is 17.1. The summed E-state index contributed by atoms with van der Waals surface area (Å²) in [5.74, 6) is -0.219. The molecule has 0 atom stereocenters. The van der Waals surface area contributed by atoms with Gasteiger partial charge in [-0.3, -0.25) is 18.8 Å². The van der Waals surface area contributed by atoms with Gasteiger partial charge in [0.2, 0.25) is 0 Å². The monoisotopic (exact) mass is 357 g/mol. The van der Waals surface area contributed by atoms with Crippen molar-refractivity contribution in [2.45, 2.75) is 19.9 Å². The van der Waals surface area contributed by atoms with Gasteiger partial charge in [-0.1, -0.05) is 13.0 Å². The van der Waals surface area contributed by atoms with Gasteiger partial charge in [0, 0.05) is 31.9 Å². The van der Waals surface area contributed by atoms with Crippen LogP contribution < -0.4 is 10.9 Å². The second-order valence-electron chi connectivity index (χ2n) is 5.54. The molecule has 0 saturated heterocycles. The second-order valence-corrected chi connectivity index (χ2v) is 6.48. The van der Waals surface area contributed by atoms with E-state index in [1.807, 2.05) is 24.4 Å². The number of aromatic nitrogens is 4. The first-order chi connectivity index (χ1) is 12.1. The summed E-state index contributed by atoms with van der Waals surface area (Å²) in [6, 6.07) is 7.21. The zero-order valence-corrected chi connectivity index (χ0v) is 14.9. The van der Waals surface area contributed by atoms with Crippen molar-refractivity contribution in [3.63, 3.8) is 0 Å². The molecule has 130 valence electrons. The van der Waals surface area contributed by atoms with E-state index in [0.29, 0.717) is 18.8 Å². The molecule has 0 unspecified atom stereocenters. The third kappa shape index (κ3) is 3.85. The molecule has 3 aromatic heterocycles. The minimum atomic E-state index is -0.219. The summed E-state index contributed by atoms with van der Waals surface area (Å²) >= 11 is 1.58. The number of amides is 1. The molecule has 0 aliphatic rings. The third-order valence-electron chi connectivity index (χ3n) is 3.82. The van der Waals surface area contributed by atoms with Crippen LogP contribution in [0.5, 0.6) is 0 Å². The Labute approximate surface area is 149 Å². The normalized spacial score (nSPS) is 10.8. The van der Waals surface area contributed by atoms with Crippen LogP contribution in [0.2, 0.25) is 0 Å². The van der Waals surface area contributed by atoms with Crippen molar-refractivity contribution in [3.05, 3.63) is 57.7 Å². The molecule has 0 aliphatic heterocycles. The van der Waals surface area contributed by atoms with E-state index in [2.05, 4.69) is 15.4 Å². The molecule has 0 aliphatic carbocycles. The number of hydrogen-bond donors (Lipinski definition) is 1. The number of carbonyl (C=O) groups excluding carboxylic acids is 1. The van der Waals surface area contributed by atoms with Crippen LogP contribution in [0.15, 0.2) is 40.8 Å². The lowest BCUT2D eigenvalue weighted by molar-refractivity contribution is 0.0942. The van der Waals surface area contributed by atoms with Crippen LogP contribution in [-0.2, 0) is 20.0 Å². The zero-order chi connectivity index (χ0) is 17.8. The van der Waals surface area contributed by atoms with Gasteiger partial charge in [0.1, 0.15) is 11.4 Å². The van der Waals surface area contributed by atoms with Crippen molar-refractivity contribution in [2.24, 2.45) is 7.05 Å². The molecule has 0 spiro atoms. The molecule has 25 heavy (non-hydrogen) atoms. The van der Waals surface area contributed by atoms with Crippen LogP contribution in [0.3, 0.4) is 0 Å². The zero-order valence-electron chi connectivity index (χ0n) is 14.1. The van der Waals surface area contributed by atoms with Crippen molar-refractivity contribution in [3.8, 4) is 10.6 Å². The van der Waals surface area contributed by atoms with E-state index in [1.165, 1.54) is 17.0 Å². The lowest BCUT2D eigenvalue weighted by atomic mass is 10.3. The van der Waals surface area contributed by atoms with Crippen LogP contribution >= 0.6 is 11.3 Å². The van der Waals surface area contributed by atoms with Gasteiger partial charge in [-0.15, -0.1) is 11.3 Å². The van der Waals surface area contributed by atoms with Crippen molar-refractivity contribution >= 4 is 17.2 Å². The number of nitrogens with zero attached hydrogens (tertiary/aromatic N) is 4. The number of thiophene rings is 1. The van der Waals surface area contributed by atoms with Crippen LogP contribution in [0, 0.1) is 0 Å². The van der Waals surface area contributed by atoms with Gasteiger partial charge < -0.3 is 5.32 Å². The van der Waals surface area contributed by atoms with E-state index in [0.717, 1.165) is 22.7 Å². The van der Waals surface area contributed by atoms with E-state index >= 15 is 0 Å². The minimum Gasteiger partial charge on any atom is -0.349 e. The molecule has 1 amide bonds. The topological polar surface area (TPSA) is 81.8 Å².